The fourth-order valence-electron chi connectivity index (χ4n) is 5.37. The Labute approximate surface area is 185 Å². The average molecular weight is 423 g/mol. The minimum atomic E-state index is 0.290. The zero-order valence-electron chi connectivity index (χ0n) is 18.7. The van der Waals surface area contributed by atoms with Crippen molar-refractivity contribution in [2.75, 3.05) is 39.3 Å². The summed E-state index contributed by atoms with van der Waals surface area (Å²) in [4.78, 5) is 24.3. The first-order valence-corrected chi connectivity index (χ1v) is 11.9. The molecule has 2 aromatic rings. The Balaban J connectivity index is 1.15. The highest BCUT2D eigenvalue weighted by atomic mass is 16.2. The molecule has 2 aromatic heterocycles. The third-order valence-electron chi connectivity index (χ3n) is 7.16. The van der Waals surface area contributed by atoms with Crippen molar-refractivity contribution >= 4 is 5.91 Å². The summed E-state index contributed by atoms with van der Waals surface area (Å²) >= 11 is 0. The van der Waals surface area contributed by atoms with E-state index >= 15 is 0 Å². The van der Waals surface area contributed by atoms with E-state index in [0.717, 1.165) is 62.5 Å². The van der Waals surface area contributed by atoms with Gasteiger partial charge in [-0.05, 0) is 57.8 Å². The zero-order valence-corrected chi connectivity index (χ0v) is 18.7. The minimum Gasteiger partial charge on any atom is -0.341 e. The molecule has 3 aliphatic rings. The molecule has 0 N–H and O–H groups in total. The molecule has 31 heavy (non-hydrogen) atoms. The summed E-state index contributed by atoms with van der Waals surface area (Å²) in [6.45, 7) is 8.55. The standard InChI is InChI=1S/C24H34N6O/c1-19-15-22(5-9-25-19)30-17-20-16-27(12-8-23(20)26-30)18-24(31)29-13-6-21(7-14-29)28-10-3-2-4-11-28/h5,9,15,17,21H,2-4,6-8,10-14,16,18H2,1H3. The minimum absolute atomic E-state index is 0.290. The van der Waals surface area contributed by atoms with Crippen LogP contribution in [0.25, 0.3) is 5.69 Å². The summed E-state index contributed by atoms with van der Waals surface area (Å²) in [6, 6.07) is 4.72. The van der Waals surface area contributed by atoms with Crippen LogP contribution >= 0.6 is 0 Å². The van der Waals surface area contributed by atoms with Gasteiger partial charge in [0.25, 0.3) is 0 Å². The molecule has 2 fully saturated rings. The summed E-state index contributed by atoms with van der Waals surface area (Å²) in [6.07, 6.45) is 11.2. The number of amides is 1. The molecule has 0 atom stereocenters. The maximum Gasteiger partial charge on any atom is 0.236 e. The molecule has 0 unspecified atom stereocenters. The van der Waals surface area contributed by atoms with Crippen molar-refractivity contribution in [3.8, 4) is 5.69 Å². The Morgan fingerprint density at radius 2 is 1.90 bits per heavy atom. The van der Waals surface area contributed by atoms with Gasteiger partial charge in [-0.3, -0.25) is 14.7 Å². The van der Waals surface area contributed by atoms with E-state index < -0.39 is 0 Å². The molecule has 0 aromatic carbocycles. The summed E-state index contributed by atoms with van der Waals surface area (Å²) in [5, 5.41) is 4.78. The quantitative estimate of drug-likeness (QED) is 0.757. The van der Waals surface area contributed by atoms with Gasteiger partial charge < -0.3 is 9.80 Å². The van der Waals surface area contributed by atoms with Crippen LogP contribution in [0, 0.1) is 6.92 Å². The van der Waals surface area contributed by atoms with E-state index in [2.05, 4.69) is 25.9 Å². The SMILES string of the molecule is Cc1cc(-n2cc3c(n2)CCN(CC(=O)N2CCC(N4CCCCC4)CC2)C3)ccn1. The molecule has 5 heterocycles. The number of piperidine rings is 2. The van der Waals surface area contributed by atoms with Gasteiger partial charge in [0.2, 0.25) is 5.91 Å². The van der Waals surface area contributed by atoms with Crippen LogP contribution in [0.4, 0.5) is 0 Å². The van der Waals surface area contributed by atoms with Gasteiger partial charge in [0.1, 0.15) is 0 Å². The molecule has 7 heteroatoms. The number of nitrogens with zero attached hydrogens (tertiary/aromatic N) is 6. The van der Waals surface area contributed by atoms with Gasteiger partial charge in [0.15, 0.2) is 0 Å². The van der Waals surface area contributed by atoms with Crippen molar-refractivity contribution < 1.29 is 4.79 Å². The highest BCUT2D eigenvalue weighted by Crippen LogP contribution is 2.23. The van der Waals surface area contributed by atoms with Crippen LogP contribution in [-0.4, -0.2) is 80.7 Å². The van der Waals surface area contributed by atoms with Gasteiger partial charge >= 0.3 is 0 Å². The Kier molecular flexibility index (Phi) is 6.05. The van der Waals surface area contributed by atoms with E-state index in [4.69, 9.17) is 5.10 Å². The second kappa shape index (κ2) is 9.09. The first kappa shape index (κ1) is 20.6. The van der Waals surface area contributed by atoms with Gasteiger partial charge in [-0.2, -0.15) is 5.10 Å². The number of carbonyl (C=O) groups is 1. The largest absolute Gasteiger partial charge is 0.341 e. The topological polar surface area (TPSA) is 57.5 Å². The first-order chi connectivity index (χ1) is 15.2. The van der Waals surface area contributed by atoms with Gasteiger partial charge in [0, 0.05) is 62.3 Å². The molecule has 0 saturated carbocycles. The fraction of sp³-hybridized carbons (Fsp3) is 0.625. The molecule has 5 rings (SSSR count). The van der Waals surface area contributed by atoms with E-state index in [-0.39, 0.29) is 5.91 Å². The van der Waals surface area contributed by atoms with Crippen molar-refractivity contribution in [2.24, 2.45) is 0 Å². The molecular weight excluding hydrogens is 388 g/mol. The van der Waals surface area contributed by atoms with Gasteiger partial charge in [-0.1, -0.05) is 6.42 Å². The normalized spacial score (nSPS) is 21.3. The number of fused-ring (bicyclic) bond motifs is 1. The second-order valence-corrected chi connectivity index (χ2v) is 9.37. The Bertz CT molecular complexity index is 911. The summed E-state index contributed by atoms with van der Waals surface area (Å²) in [5.41, 5.74) is 4.42. The van der Waals surface area contributed by atoms with Crippen LogP contribution in [-0.2, 0) is 17.8 Å². The molecular formula is C24H34N6O. The lowest BCUT2D eigenvalue weighted by molar-refractivity contribution is -0.134. The molecule has 166 valence electrons. The first-order valence-electron chi connectivity index (χ1n) is 11.9. The number of rotatable bonds is 4. The van der Waals surface area contributed by atoms with E-state index in [0.29, 0.717) is 12.6 Å². The lowest BCUT2D eigenvalue weighted by atomic mass is 10.00. The average Bonchev–Trinajstić information content (AvgIpc) is 3.23. The predicted molar refractivity (Wildman–Crippen MR) is 120 cm³/mol. The lowest BCUT2D eigenvalue weighted by Gasteiger charge is -2.40. The number of carbonyl (C=O) groups excluding carboxylic acids is 1. The van der Waals surface area contributed by atoms with E-state index in [1.807, 2.05) is 29.9 Å². The number of hydrogen-bond acceptors (Lipinski definition) is 5. The Morgan fingerprint density at radius 1 is 1.10 bits per heavy atom. The smallest absolute Gasteiger partial charge is 0.236 e. The molecule has 0 aliphatic carbocycles. The fourth-order valence-corrected chi connectivity index (χ4v) is 5.37. The zero-order chi connectivity index (χ0) is 21.2. The number of hydrogen-bond donors (Lipinski definition) is 0. The highest BCUT2D eigenvalue weighted by molar-refractivity contribution is 5.78. The molecule has 2 saturated heterocycles. The second-order valence-electron chi connectivity index (χ2n) is 9.37. The lowest BCUT2D eigenvalue weighted by Crippen LogP contribution is -2.50. The van der Waals surface area contributed by atoms with Gasteiger partial charge in [-0.15, -0.1) is 0 Å². The van der Waals surface area contributed by atoms with Crippen molar-refractivity contribution in [2.45, 2.75) is 58.0 Å². The van der Waals surface area contributed by atoms with Gasteiger partial charge in [-0.25, -0.2) is 4.68 Å². The van der Waals surface area contributed by atoms with Crippen molar-refractivity contribution in [3.05, 3.63) is 41.5 Å². The van der Waals surface area contributed by atoms with Gasteiger partial charge in [0.05, 0.1) is 17.9 Å². The molecule has 3 aliphatic heterocycles. The monoisotopic (exact) mass is 422 g/mol. The third kappa shape index (κ3) is 4.67. The summed E-state index contributed by atoms with van der Waals surface area (Å²) < 4.78 is 1.95. The van der Waals surface area contributed by atoms with E-state index in [1.54, 1.807) is 0 Å². The number of likely N-dealkylation sites (tertiary alicyclic amines) is 2. The Morgan fingerprint density at radius 3 is 2.68 bits per heavy atom. The number of pyridine rings is 1. The van der Waals surface area contributed by atoms with E-state index in [9.17, 15) is 4.79 Å². The maximum absolute atomic E-state index is 13.0. The highest BCUT2D eigenvalue weighted by Gasteiger charge is 2.29. The molecule has 7 nitrogen and oxygen atoms in total. The summed E-state index contributed by atoms with van der Waals surface area (Å²) in [7, 11) is 0. The number of aromatic nitrogens is 3. The van der Waals surface area contributed by atoms with E-state index in [1.165, 1.54) is 37.9 Å². The van der Waals surface area contributed by atoms with Crippen molar-refractivity contribution in [3.63, 3.8) is 0 Å². The van der Waals surface area contributed by atoms with Crippen LogP contribution in [0.15, 0.2) is 24.5 Å². The molecule has 0 bridgehead atoms. The summed E-state index contributed by atoms with van der Waals surface area (Å²) in [5.74, 6) is 0.290. The van der Waals surface area contributed by atoms with Crippen molar-refractivity contribution in [1.82, 2.24) is 29.5 Å². The molecule has 0 spiro atoms. The van der Waals surface area contributed by atoms with Crippen LogP contribution < -0.4 is 0 Å². The molecule has 1 amide bonds. The maximum atomic E-state index is 13.0. The van der Waals surface area contributed by atoms with Crippen molar-refractivity contribution in [1.29, 1.82) is 0 Å². The number of aryl methyl sites for hydroxylation is 1. The predicted octanol–water partition coefficient (Wildman–Crippen LogP) is 2.41. The van der Waals surface area contributed by atoms with Crippen LogP contribution in [0.3, 0.4) is 0 Å². The third-order valence-corrected chi connectivity index (χ3v) is 7.16. The van der Waals surface area contributed by atoms with Crippen LogP contribution in [0.2, 0.25) is 0 Å². The van der Waals surface area contributed by atoms with Crippen LogP contribution in [0.1, 0.15) is 49.1 Å². The molecule has 0 radical (unpaired) electrons. The van der Waals surface area contributed by atoms with Crippen LogP contribution in [0.5, 0.6) is 0 Å². The Hall–Kier alpha value is -2.25.